The van der Waals surface area contributed by atoms with Gasteiger partial charge in [0.1, 0.15) is 24.7 Å². The first-order valence-corrected chi connectivity index (χ1v) is 13.0. The first-order chi connectivity index (χ1) is 16.6. The van der Waals surface area contributed by atoms with Gasteiger partial charge in [-0.15, -0.1) is 11.3 Å². The average Bonchev–Trinajstić information content (AvgIpc) is 3.35. The number of nitrogens with zero attached hydrogens (tertiary/aromatic N) is 1. The Morgan fingerprint density at radius 1 is 1.20 bits per heavy atom. The van der Waals surface area contributed by atoms with Crippen molar-refractivity contribution in [1.82, 2.24) is 0 Å². The lowest BCUT2D eigenvalue weighted by Crippen LogP contribution is -2.65. The van der Waals surface area contributed by atoms with Crippen molar-refractivity contribution in [2.75, 3.05) is 26.2 Å². The number of rotatable bonds is 7. The highest BCUT2D eigenvalue weighted by molar-refractivity contribution is 7.10. The number of halogens is 3. The van der Waals surface area contributed by atoms with Crippen molar-refractivity contribution < 1.29 is 37.1 Å². The number of piperidine rings is 3. The number of ether oxygens (including phenoxy) is 1. The number of carbonyl (C=O) groups is 2. The van der Waals surface area contributed by atoms with Crippen molar-refractivity contribution in [2.24, 2.45) is 5.92 Å². The summed E-state index contributed by atoms with van der Waals surface area (Å²) in [6.07, 6.45) is 1.12. The number of hydrogen-bond donors (Lipinski definition) is 1. The lowest BCUT2D eigenvalue weighted by atomic mass is 9.82. The number of ketones is 1. The Labute approximate surface area is 206 Å². The Morgan fingerprint density at radius 3 is 2.66 bits per heavy atom. The molecule has 35 heavy (non-hydrogen) atoms. The molecule has 1 aromatic carbocycles. The molecule has 1 aliphatic carbocycles. The van der Waals surface area contributed by atoms with Gasteiger partial charge in [-0.2, -0.15) is 0 Å². The van der Waals surface area contributed by atoms with Gasteiger partial charge >= 0.3 is 5.97 Å². The van der Waals surface area contributed by atoms with Crippen LogP contribution in [0, 0.1) is 11.7 Å². The van der Waals surface area contributed by atoms with E-state index < -0.39 is 23.6 Å². The molecule has 0 amide bonds. The molecule has 3 aliphatic heterocycles. The molecular weight excluding hydrogens is 479 g/mol. The van der Waals surface area contributed by atoms with Crippen molar-refractivity contribution >= 4 is 23.1 Å². The molecule has 1 unspecified atom stereocenters. The fourth-order valence-corrected chi connectivity index (χ4v) is 7.02. The first kappa shape index (κ1) is 24.3. The van der Waals surface area contributed by atoms with Crippen LogP contribution in [0.3, 0.4) is 0 Å². The van der Waals surface area contributed by atoms with E-state index in [0.29, 0.717) is 33.5 Å². The summed E-state index contributed by atoms with van der Waals surface area (Å²) in [6, 6.07) is 5.71. The summed E-state index contributed by atoms with van der Waals surface area (Å²) in [5.41, 5.74) is 0.848. The number of alkyl halides is 2. The van der Waals surface area contributed by atoms with Gasteiger partial charge in [-0.25, -0.2) is 13.2 Å². The molecule has 4 fully saturated rings. The molecule has 2 aromatic rings. The number of carbonyl (C=O) groups excluding carboxylic acids is 2. The van der Waals surface area contributed by atoms with E-state index in [1.807, 2.05) is 0 Å². The lowest BCUT2D eigenvalue weighted by molar-refractivity contribution is -0.938. The van der Waals surface area contributed by atoms with Crippen LogP contribution >= 0.6 is 11.3 Å². The predicted octanol–water partition coefficient (Wildman–Crippen LogP) is 5.07. The highest BCUT2D eigenvalue weighted by Crippen LogP contribution is 2.48. The largest absolute Gasteiger partial charge is 0.506 e. The molecular formula is C26H29F3NO4S+. The second-order valence-corrected chi connectivity index (χ2v) is 11.3. The molecule has 1 aromatic heterocycles. The van der Waals surface area contributed by atoms with Crippen LogP contribution in [0.4, 0.5) is 13.2 Å². The Hall–Kier alpha value is -2.39. The van der Waals surface area contributed by atoms with Crippen LogP contribution in [-0.4, -0.2) is 59.5 Å². The third-order valence-electron chi connectivity index (χ3n) is 7.96. The van der Waals surface area contributed by atoms with Gasteiger partial charge in [0.2, 0.25) is 11.7 Å². The quantitative estimate of drug-likeness (QED) is 0.322. The number of fused-ring (bicyclic) bond motifs is 3. The molecule has 3 saturated heterocycles. The Kier molecular flexibility index (Phi) is 6.42. The Morgan fingerprint density at radius 2 is 1.97 bits per heavy atom. The summed E-state index contributed by atoms with van der Waals surface area (Å²) >= 11 is 1.20. The molecule has 5 nitrogen and oxygen atoms in total. The second-order valence-electron chi connectivity index (χ2n) is 10.4. The van der Waals surface area contributed by atoms with E-state index in [-0.39, 0.29) is 49.4 Å². The molecule has 9 heteroatoms. The van der Waals surface area contributed by atoms with Crippen LogP contribution in [0.25, 0.3) is 0 Å². The number of esters is 1. The maximum absolute atomic E-state index is 13.6. The van der Waals surface area contributed by atoms with E-state index in [2.05, 4.69) is 0 Å². The van der Waals surface area contributed by atoms with E-state index in [1.165, 1.54) is 29.5 Å². The van der Waals surface area contributed by atoms with Gasteiger partial charge in [-0.1, -0.05) is 12.1 Å². The maximum atomic E-state index is 13.6. The topological polar surface area (TPSA) is 63.6 Å². The molecule has 1 N–H and O–H groups in total. The van der Waals surface area contributed by atoms with Crippen LogP contribution in [0.2, 0.25) is 0 Å². The summed E-state index contributed by atoms with van der Waals surface area (Å²) in [7, 11) is 0. The Bertz CT molecular complexity index is 1130. The zero-order chi connectivity index (χ0) is 24.8. The van der Waals surface area contributed by atoms with Gasteiger partial charge in [-0.05, 0) is 29.9 Å². The molecule has 0 spiro atoms. The van der Waals surface area contributed by atoms with Gasteiger partial charge in [0.15, 0.2) is 6.10 Å². The predicted molar refractivity (Wildman–Crippen MR) is 124 cm³/mol. The molecule has 6 rings (SSSR count). The highest BCUT2D eigenvalue weighted by atomic mass is 32.1. The van der Waals surface area contributed by atoms with Crippen LogP contribution in [0.15, 0.2) is 29.6 Å². The number of hydrogen-bond acceptors (Lipinski definition) is 5. The summed E-state index contributed by atoms with van der Waals surface area (Å²) in [4.78, 5) is 26.0. The fraction of sp³-hybridized carbons (Fsp3) is 0.538. The van der Waals surface area contributed by atoms with E-state index in [0.717, 1.165) is 25.9 Å². The molecule has 2 atom stereocenters. The zero-order valence-corrected chi connectivity index (χ0v) is 20.2. The summed E-state index contributed by atoms with van der Waals surface area (Å²) in [5, 5.41) is 12.3. The van der Waals surface area contributed by atoms with Crippen molar-refractivity contribution in [3.8, 4) is 5.75 Å². The fourth-order valence-electron chi connectivity index (χ4n) is 6.01. The van der Waals surface area contributed by atoms with Crippen molar-refractivity contribution in [3.63, 3.8) is 0 Å². The van der Waals surface area contributed by atoms with Crippen molar-refractivity contribution in [2.45, 2.75) is 56.5 Å². The molecule has 1 saturated carbocycles. The third kappa shape index (κ3) is 5.11. The number of benzene rings is 1. The van der Waals surface area contributed by atoms with Crippen LogP contribution in [0.5, 0.6) is 5.75 Å². The SMILES string of the molecule is O=C(Cc1scc(C2CCC(F)(F)C2)c1O)O[C@H]1C[N+]2(CC(=O)c3cccc(F)c3)CCC1CC2. The number of Topliss-reactive ketones (excluding diaryl/α,β-unsaturated/α-hetero) is 1. The monoisotopic (exact) mass is 508 g/mol. The first-order valence-electron chi connectivity index (χ1n) is 12.1. The van der Waals surface area contributed by atoms with E-state index in [9.17, 15) is 27.9 Å². The average molecular weight is 509 g/mol. The number of thiophene rings is 1. The minimum absolute atomic E-state index is 0.0623. The van der Waals surface area contributed by atoms with Gasteiger partial charge in [0.25, 0.3) is 0 Å². The minimum Gasteiger partial charge on any atom is -0.506 e. The van der Waals surface area contributed by atoms with E-state index in [4.69, 9.17) is 4.74 Å². The standard InChI is InChI=1S/C26H28F3NO4S/c27-19-3-1-2-17(10-19)21(31)13-30-8-5-16(6-9-30)22(14-30)34-24(32)11-23-25(33)20(15-35-23)18-4-7-26(28,29)12-18/h1-3,10,15-16,18,22H,4-9,11-14H2/p+1/t16?,18?,22-,30?/m0/s1. The molecule has 188 valence electrons. The van der Waals surface area contributed by atoms with Gasteiger partial charge in [0, 0.05) is 42.7 Å². The molecule has 0 radical (unpaired) electrons. The minimum atomic E-state index is -2.71. The summed E-state index contributed by atoms with van der Waals surface area (Å²) < 4.78 is 47.1. The van der Waals surface area contributed by atoms with E-state index >= 15 is 0 Å². The maximum Gasteiger partial charge on any atom is 0.311 e. The number of quaternary nitrogens is 1. The highest BCUT2D eigenvalue weighted by Gasteiger charge is 2.48. The summed E-state index contributed by atoms with van der Waals surface area (Å²) in [5.74, 6) is -3.95. The third-order valence-corrected chi connectivity index (χ3v) is 8.96. The lowest BCUT2D eigenvalue weighted by Gasteiger charge is -2.51. The van der Waals surface area contributed by atoms with E-state index in [1.54, 1.807) is 11.4 Å². The normalized spacial score (nSPS) is 29.3. The van der Waals surface area contributed by atoms with Crippen LogP contribution in [-0.2, 0) is 16.0 Å². The van der Waals surface area contributed by atoms with Gasteiger partial charge in [-0.3, -0.25) is 9.59 Å². The molecule has 4 heterocycles. The zero-order valence-electron chi connectivity index (χ0n) is 19.4. The smallest absolute Gasteiger partial charge is 0.311 e. The molecule has 4 aliphatic rings. The van der Waals surface area contributed by atoms with Gasteiger partial charge in [0.05, 0.1) is 24.4 Å². The van der Waals surface area contributed by atoms with Crippen molar-refractivity contribution in [1.29, 1.82) is 0 Å². The van der Waals surface area contributed by atoms with Crippen LogP contribution in [0.1, 0.15) is 58.8 Å². The molecule has 2 bridgehead atoms. The van der Waals surface area contributed by atoms with Gasteiger partial charge < -0.3 is 14.3 Å². The Balaban J connectivity index is 1.21. The van der Waals surface area contributed by atoms with Crippen molar-refractivity contribution in [3.05, 3.63) is 51.5 Å². The second kappa shape index (κ2) is 9.24. The van der Waals surface area contributed by atoms with Crippen LogP contribution < -0.4 is 0 Å². The number of aromatic hydroxyl groups is 1. The summed E-state index contributed by atoms with van der Waals surface area (Å²) in [6.45, 7) is 2.42.